The second kappa shape index (κ2) is 7.72. The lowest BCUT2D eigenvalue weighted by Gasteiger charge is -2.35. The molecule has 5 nitrogen and oxygen atoms in total. The summed E-state index contributed by atoms with van der Waals surface area (Å²) in [4.78, 5) is 15.8. The van der Waals surface area contributed by atoms with Crippen molar-refractivity contribution in [3.05, 3.63) is 72.1 Å². The molecule has 1 saturated heterocycles. The van der Waals surface area contributed by atoms with E-state index in [9.17, 15) is 4.79 Å². The number of rotatable bonds is 2. The molecule has 1 amide bonds. The van der Waals surface area contributed by atoms with Crippen molar-refractivity contribution in [2.45, 2.75) is 6.92 Å². The summed E-state index contributed by atoms with van der Waals surface area (Å²) in [6, 6.07) is 4.26. The molecule has 0 atom stereocenters. The second-order valence-corrected chi connectivity index (χ2v) is 7.68. The van der Waals surface area contributed by atoms with Gasteiger partial charge >= 0.3 is 0 Å². The van der Waals surface area contributed by atoms with Crippen LogP contribution in [0.25, 0.3) is 11.1 Å². The summed E-state index contributed by atoms with van der Waals surface area (Å²) in [6.45, 7) is 5.29. The van der Waals surface area contributed by atoms with Gasteiger partial charge in [-0.05, 0) is 24.6 Å². The topological polar surface area (TPSA) is 40.8 Å². The summed E-state index contributed by atoms with van der Waals surface area (Å²) in [7, 11) is 0. The van der Waals surface area contributed by atoms with Gasteiger partial charge in [0.2, 0.25) is 0 Å². The number of allylic oxidation sites excluding steroid dienone is 8. The van der Waals surface area contributed by atoms with Crippen LogP contribution in [-0.4, -0.2) is 44.6 Å². The van der Waals surface area contributed by atoms with Gasteiger partial charge in [0.25, 0.3) is 3.91 Å². The fourth-order valence-corrected chi connectivity index (χ4v) is 3.92. The van der Waals surface area contributed by atoms with E-state index in [1.54, 1.807) is 0 Å². The number of carbonyl (C=O) groups excluding carboxylic acids is 1. The normalized spacial score (nSPS) is 23.8. The minimum Gasteiger partial charge on any atom is -0.366 e. The number of fused-ring (bicyclic) bond motifs is 1. The zero-order chi connectivity index (χ0) is 18.8. The van der Waals surface area contributed by atoms with E-state index < -0.39 is 0 Å². The summed E-state index contributed by atoms with van der Waals surface area (Å²) in [5.74, 6) is 0. The molecule has 2 aliphatic rings. The molecule has 0 aromatic carbocycles. The summed E-state index contributed by atoms with van der Waals surface area (Å²) in [5, 5.41) is 4.50. The van der Waals surface area contributed by atoms with Gasteiger partial charge in [0.15, 0.2) is 0 Å². The van der Waals surface area contributed by atoms with E-state index in [-0.39, 0.29) is 3.91 Å². The number of hydrogen-bond donors (Lipinski definition) is 0. The van der Waals surface area contributed by atoms with Crippen LogP contribution in [0.1, 0.15) is 12.5 Å². The maximum absolute atomic E-state index is 11.6. The van der Waals surface area contributed by atoms with Gasteiger partial charge in [-0.1, -0.05) is 42.0 Å². The van der Waals surface area contributed by atoms with E-state index in [0.29, 0.717) is 0 Å². The van der Waals surface area contributed by atoms with E-state index in [1.807, 2.05) is 38.2 Å². The van der Waals surface area contributed by atoms with Gasteiger partial charge in [0, 0.05) is 66.7 Å². The molecule has 27 heavy (non-hydrogen) atoms. The van der Waals surface area contributed by atoms with Gasteiger partial charge in [-0.2, -0.15) is 5.10 Å². The van der Waals surface area contributed by atoms with Crippen molar-refractivity contribution in [1.29, 1.82) is 0 Å². The minimum absolute atomic E-state index is 0.123. The molecular formula is C21H21IN4O. The van der Waals surface area contributed by atoms with Crippen molar-refractivity contribution in [2.75, 3.05) is 31.1 Å². The first kappa shape index (κ1) is 18.0. The van der Waals surface area contributed by atoms with Crippen molar-refractivity contribution >= 4 is 43.3 Å². The summed E-state index contributed by atoms with van der Waals surface area (Å²) in [6.07, 6.45) is 16.6. The highest BCUT2D eigenvalue weighted by Gasteiger charge is 2.21. The molecule has 138 valence electrons. The third kappa shape index (κ3) is 3.85. The Hall–Kier alpha value is -2.35. The number of piperazine rings is 1. The molecule has 0 unspecified atom stereocenters. The Morgan fingerprint density at radius 3 is 2.67 bits per heavy atom. The fraction of sp³-hybridized carbons (Fsp3) is 0.238. The Balaban J connectivity index is 1.65. The first-order chi connectivity index (χ1) is 13.1. The van der Waals surface area contributed by atoms with E-state index in [0.717, 1.165) is 42.8 Å². The van der Waals surface area contributed by atoms with E-state index in [2.05, 4.69) is 71.7 Å². The Morgan fingerprint density at radius 1 is 1.11 bits per heavy atom. The van der Waals surface area contributed by atoms with Crippen molar-refractivity contribution in [3.8, 4) is 0 Å². The number of halogens is 1. The summed E-state index contributed by atoms with van der Waals surface area (Å²) in [5.41, 5.74) is 5.79. The van der Waals surface area contributed by atoms with Gasteiger partial charge in [-0.25, -0.2) is 4.52 Å². The number of amides is 1. The maximum Gasteiger partial charge on any atom is 0.283 e. The minimum atomic E-state index is 0.123. The quantitative estimate of drug-likeness (QED) is 0.368. The largest absolute Gasteiger partial charge is 0.366 e. The first-order valence-corrected chi connectivity index (χ1v) is 10.1. The lowest BCUT2D eigenvalue weighted by atomic mass is 10.1. The van der Waals surface area contributed by atoms with Crippen molar-refractivity contribution in [3.63, 3.8) is 0 Å². The molecule has 1 aliphatic carbocycles. The van der Waals surface area contributed by atoms with Crippen LogP contribution >= 0.6 is 22.6 Å². The standard InChI is InChI=1S/C21H21IN4O/c1-16-4-2-3-5-17(7-6-16)18-14-20-19(8-9-23-26(20)15-18)24-10-12-25(13-11-24)21(22)27/h2-9,14-15H,10-13H2,1H3/b3-2-,4-2?,5-3?,7-6-,16-4-,16-6?,17-5+,17-7?. The van der Waals surface area contributed by atoms with Crippen molar-refractivity contribution in [2.24, 2.45) is 0 Å². The van der Waals surface area contributed by atoms with Crippen LogP contribution in [0.3, 0.4) is 0 Å². The van der Waals surface area contributed by atoms with Crippen LogP contribution in [0, 0.1) is 0 Å². The van der Waals surface area contributed by atoms with Gasteiger partial charge in [0.05, 0.1) is 11.2 Å². The predicted molar refractivity (Wildman–Crippen MR) is 118 cm³/mol. The number of aromatic nitrogens is 2. The zero-order valence-electron chi connectivity index (χ0n) is 15.2. The number of carbonyl (C=O) groups is 1. The van der Waals surface area contributed by atoms with Gasteiger partial charge in [-0.3, -0.25) is 4.79 Å². The van der Waals surface area contributed by atoms with Gasteiger partial charge < -0.3 is 9.80 Å². The Labute approximate surface area is 172 Å². The molecule has 1 aliphatic heterocycles. The molecule has 0 spiro atoms. The number of hydrogen-bond acceptors (Lipinski definition) is 3. The highest BCUT2D eigenvalue weighted by molar-refractivity contribution is 14.1. The van der Waals surface area contributed by atoms with Crippen LogP contribution in [0.4, 0.5) is 10.5 Å². The van der Waals surface area contributed by atoms with E-state index >= 15 is 0 Å². The van der Waals surface area contributed by atoms with Crippen LogP contribution in [-0.2, 0) is 0 Å². The smallest absolute Gasteiger partial charge is 0.283 e. The lowest BCUT2D eigenvalue weighted by Crippen LogP contribution is -2.47. The molecule has 0 bridgehead atoms. The van der Waals surface area contributed by atoms with Crippen LogP contribution < -0.4 is 4.90 Å². The monoisotopic (exact) mass is 472 g/mol. The van der Waals surface area contributed by atoms with Crippen molar-refractivity contribution in [1.82, 2.24) is 14.5 Å². The predicted octanol–water partition coefficient (Wildman–Crippen LogP) is 4.47. The molecule has 0 radical (unpaired) electrons. The third-order valence-electron chi connectivity index (χ3n) is 4.96. The highest BCUT2D eigenvalue weighted by Crippen LogP contribution is 2.28. The molecule has 0 N–H and O–H groups in total. The van der Waals surface area contributed by atoms with Gasteiger partial charge in [-0.15, -0.1) is 0 Å². The van der Waals surface area contributed by atoms with E-state index in [1.165, 1.54) is 11.3 Å². The number of anilines is 1. The van der Waals surface area contributed by atoms with Crippen LogP contribution in [0.15, 0.2) is 66.6 Å². The van der Waals surface area contributed by atoms with Crippen molar-refractivity contribution < 1.29 is 4.79 Å². The summed E-state index contributed by atoms with van der Waals surface area (Å²) >= 11 is 1.87. The van der Waals surface area contributed by atoms with Crippen LogP contribution in [0.2, 0.25) is 0 Å². The maximum atomic E-state index is 11.6. The summed E-state index contributed by atoms with van der Waals surface area (Å²) < 4.78 is 2.07. The molecule has 3 heterocycles. The average Bonchev–Trinajstić information content (AvgIpc) is 3.09. The fourth-order valence-electron chi connectivity index (χ4n) is 3.44. The molecule has 6 heteroatoms. The molecular weight excluding hydrogens is 451 g/mol. The van der Waals surface area contributed by atoms with Crippen LogP contribution in [0.5, 0.6) is 0 Å². The molecule has 1 fully saturated rings. The highest BCUT2D eigenvalue weighted by atomic mass is 127. The molecule has 0 saturated carbocycles. The zero-order valence-corrected chi connectivity index (χ0v) is 17.3. The van der Waals surface area contributed by atoms with Gasteiger partial charge in [0.1, 0.15) is 0 Å². The Morgan fingerprint density at radius 2 is 1.89 bits per heavy atom. The molecule has 4 rings (SSSR count). The van der Waals surface area contributed by atoms with E-state index in [4.69, 9.17) is 0 Å². The SMILES string of the molecule is CC1=C/C=C\C=C(c2cc3c(N4CCN(C(=O)I)CC4)ccnn3c2)/C=C\1. The molecule has 2 aromatic rings. The average molecular weight is 472 g/mol. The first-order valence-electron chi connectivity index (χ1n) is 9.02. The number of nitrogens with zero attached hydrogens (tertiary/aromatic N) is 4. The molecule has 2 aromatic heterocycles. The third-order valence-corrected chi connectivity index (χ3v) is 5.64. The lowest BCUT2D eigenvalue weighted by molar-refractivity contribution is 0.222. The second-order valence-electron chi connectivity index (χ2n) is 6.75. The Kier molecular flexibility index (Phi) is 5.15. The Bertz CT molecular complexity index is 991.